The minimum Gasteiger partial charge on any atom is -0.384 e. The Kier molecular flexibility index (Phi) is 3.79. The molecule has 19 heavy (non-hydrogen) atoms. The number of benzene rings is 1. The van der Waals surface area contributed by atoms with E-state index < -0.39 is 0 Å². The summed E-state index contributed by atoms with van der Waals surface area (Å²) in [4.78, 5) is 2.47. The minimum absolute atomic E-state index is 0.750. The highest BCUT2D eigenvalue weighted by atomic mass is 15.1. The number of rotatable bonds is 3. The lowest BCUT2D eigenvalue weighted by molar-refractivity contribution is 0.202. The Morgan fingerprint density at radius 1 is 1.26 bits per heavy atom. The van der Waals surface area contributed by atoms with Gasteiger partial charge in [-0.2, -0.15) is 0 Å². The molecule has 104 valence electrons. The molecule has 1 aromatic carbocycles. The number of anilines is 1. The molecular weight excluding hydrogens is 232 g/mol. The second kappa shape index (κ2) is 5.54. The van der Waals surface area contributed by atoms with Gasteiger partial charge in [0.15, 0.2) is 0 Å². The van der Waals surface area contributed by atoms with Crippen LogP contribution < -0.4 is 5.32 Å². The number of aryl methyl sites for hydroxylation is 1. The monoisotopic (exact) mass is 258 g/mol. The maximum Gasteiger partial charge on any atom is 0.0409 e. The Morgan fingerprint density at radius 3 is 2.79 bits per heavy atom. The third-order valence-corrected chi connectivity index (χ3v) is 4.93. The van der Waals surface area contributed by atoms with Crippen LogP contribution in [0.15, 0.2) is 18.2 Å². The van der Waals surface area contributed by atoms with E-state index in [1.807, 2.05) is 0 Å². The smallest absolute Gasteiger partial charge is 0.0409 e. The first-order chi connectivity index (χ1) is 9.29. The van der Waals surface area contributed by atoms with Gasteiger partial charge in [0.2, 0.25) is 0 Å². The van der Waals surface area contributed by atoms with Gasteiger partial charge in [-0.15, -0.1) is 0 Å². The molecule has 1 saturated heterocycles. The van der Waals surface area contributed by atoms with Crippen molar-refractivity contribution in [2.24, 2.45) is 5.92 Å². The number of likely N-dealkylation sites (tertiary alicyclic amines) is 1. The van der Waals surface area contributed by atoms with Crippen molar-refractivity contribution in [3.8, 4) is 0 Å². The molecule has 1 aromatic rings. The molecule has 0 bridgehead atoms. The average molecular weight is 258 g/mol. The fourth-order valence-electron chi connectivity index (χ4n) is 3.80. The van der Waals surface area contributed by atoms with E-state index in [1.165, 1.54) is 50.0 Å². The molecule has 1 atom stereocenters. The van der Waals surface area contributed by atoms with Crippen LogP contribution in [0.5, 0.6) is 0 Å². The van der Waals surface area contributed by atoms with E-state index in [2.05, 4.69) is 42.4 Å². The third-order valence-electron chi connectivity index (χ3n) is 4.93. The zero-order valence-corrected chi connectivity index (χ0v) is 12.3. The molecule has 2 heteroatoms. The van der Waals surface area contributed by atoms with Crippen LogP contribution in [0.2, 0.25) is 0 Å². The molecule has 1 unspecified atom stereocenters. The van der Waals surface area contributed by atoms with Crippen LogP contribution in [-0.4, -0.2) is 31.6 Å². The van der Waals surface area contributed by atoms with E-state index in [0.717, 1.165) is 18.4 Å². The lowest BCUT2D eigenvalue weighted by Crippen LogP contribution is -2.33. The Labute approximate surface area is 117 Å². The second-order valence-electron chi connectivity index (χ2n) is 6.26. The largest absolute Gasteiger partial charge is 0.384 e. The zero-order valence-electron chi connectivity index (χ0n) is 12.3. The van der Waals surface area contributed by atoms with Crippen LogP contribution in [-0.2, 0) is 6.42 Å². The summed E-state index contributed by atoms with van der Waals surface area (Å²) < 4.78 is 0. The number of fused-ring (bicyclic) bond motifs is 1. The van der Waals surface area contributed by atoms with Crippen molar-refractivity contribution in [2.75, 3.05) is 32.0 Å². The predicted octanol–water partition coefficient (Wildman–Crippen LogP) is 3.49. The van der Waals surface area contributed by atoms with Gasteiger partial charge >= 0.3 is 0 Å². The van der Waals surface area contributed by atoms with Crippen molar-refractivity contribution >= 4 is 5.69 Å². The molecule has 0 aliphatic carbocycles. The van der Waals surface area contributed by atoms with Gasteiger partial charge in [0.25, 0.3) is 0 Å². The maximum absolute atomic E-state index is 3.70. The maximum atomic E-state index is 3.70. The summed E-state index contributed by atoms with van der Waals surface area (Å²) in [5, 5.41) is 3.70. The van der Waals surface area contributed by atoms with Gasteiger partial charge < -0.3 is 10.2 Å². The van der Waals surface area contributed by atoms with Crippen LogP contribution >= 0.6 is 0 Å². The normalized spacial score (nSPS) is 24.2. The van der Waals surface area contributed by atoms with Crippen LogP contribution in [0.3, 0.4) is 0 Å². The van der Waals surface area contributed by atoms with Crippen molar-refractivity contribution in [1.82, 2.24) is 4.90 Å². The fraction of sp³-hybridized carbons (Fsp3) is 0.647. The highest BCUT2D eigenvalue weighted by Gasteiger charge is 2.32. The van der Waals surface area contributed by atoms with Crippen molar-refractivity contribution in [3.63, 3.8) is 0 Å². The second-order valence-corrected chi connectivity index (χ2v) is 6.26. The van der Waals surface area contributed by atoms with Gasteiger partial charge in [-0.3, -0.25) is 0 Å². The number of hydrogen-bond acceptors (Lipinski definition) is 2. The van der Waals surface area contributed by atoms with Gasteiger partial charge in [-0.25, -0.2) is 0 Å². The first-order valence-electron chi connectivity index (χ1n) is 7.83. The van der Waals surface area contributed by atoms with Crippen molar-refractivity contribution < 1.29 is 0 Å². The molecule has 0 amide bonds. The molecule has 1 N–H and O–H groups in total. The Hall–Kier alpha value is -1.02. The fourth-order valence-corrected chi connectivity index (χ4v) is 3.80. The SMILES string of the molecule is CCCc1cccc2c1NCC2C1CCN(C)CC1. The van der Waals surface area contributed by atoms with Crippen LogP contribution in [0.1, 0.15) is 43.2 Å². The zero-order chi connectivity index (χ0) is 13.2. The molecule has 0 aromatic heterocycles. The number of nitrogens with zero attached hydrogens (tertiary/aromatic N) is 1. The molecule has 2 heterocycles. The predicted molar refractivity (Wildman–Crippen MR) is 81.9 cm³/mol. The molecule has 0 saturated carbocycles. The quantitative estimate of drug-likeness (QED) is 0.893. The van der Waals surface area contributed by atoms with Crippen molar-refractivity contribution in [1.29, 1.82) is 0 Å². The van der Waals surface area contributed by atoms with Gasteiger partial charge in [-0.1, -0.05) is 31.5 Å². The highest BCUT2D eigenvalue weighted by molar-refractivity contribution is 5.63. The number of piperidine rings is 1. The summed E-state index contributed by atoms with van der Waals surface area (Å²) in [6.07, 6.45) is 5.16. The molecule has 3 rings (SSSR count). The highest BCUT2D eigenvalue weighted by Crippen LogP contribution is 2.42. The summed E-state index contributed by atoms with van der Waals surface area (Å²) >= 11 is 0. The molecule has 2 aliphatic heterocycles. The van der Waals surface area contributed by atoms with E-state index in [0.29, 0.717) is 0 Å². The average Bonchev–Trinajstić information content (AvgIpc) is 2.85. The lowest BCUT2D eigenvalue weighted by atomic mass is 9.81. The van der Waals surface area contributed by atoms with Crippen molar-refractivity contribution in [3.05, 3.63) is 29.3 Å². The molecule has 2 aliphatic rings. The summed E-state index contributed by atoms with van der Waals surface area (Å²) in [5.74, 6) is 1.63. The van der Waals surface area contributed by atoms with Gasteiger partial charge in [0.05, 0.1) is 0 Å². The molecule has 0 radical (unpaired) electrons. The van der Waals surface area contributed by atoms with E-state index in [-0.39, 0.29) is 0 Å². The van der Waals surface area contributed by atoms with Gasteiger partial charge in [0, 0.05) is 18.2 Å². The van der Waals surface area contributed by atoms with E-state index in [4.69, 9.17) is 0 Å². The van der Waals surface area contributed by atoms with Crippen LogP contribution in [0, 0.1) is 5.92 Å². The van der Waals surface area contributed by atoms with E-state index in [9.17, 15) is 0 Å². The number of hydrogen-bond donors (Lipinski definition) is 1. The number of para-hydroxylation sites is 1. The topological polar surface area (TPSA) is 15.3 Å². The Bertz CT molecular complexity index is 433. The summed E-state index contributed by atoms with van der Waals surface area (Å²) in [5.41, 5.74) is 4.59. The van der Waals surface area contributed by atoms with E-state index >= 15 is 0 Å². The molecule has 2 nitrogen and oxygen atoms in total. The first-order valence-corrected chi connectivity index (χ1v) is 7.83. The number of nitrogens with one attached hydrogen (secondary N) is 1. The van der Waals surface area contributed by atoms with Gasteiger partial charge in [0.1, 0.15) is 0 Å². The van der Waals surface area contributed by atoms with Crippen LogP contribution in [0.25, 0.3) is 0 Å². The molecular formula is C17H26N2. The lowest BCUT2D eigenvalue weighted by Gasteiger charge is -2.32. The summed E-state index contributed by atoms with van der Waals surface area (Å²) in [7, 11) is 2.25. The summed E-state index contributed by atoms with van der Waals surface area (Å²) in [6.45, 7) is 5.96. The van der Waals surface area contributed by atoms with Gasteiger partial charge in [-0.05, 0) is 56.4 Å². The first kappa shape index (κ1) is 13.0. The third kappa shape index (κ3) is 2.51. The van der Waals surface area contributed by atoms with Crippen molar-refractivity contribution in [2.45, 2.75) is 38.5 Å². The Morgan fingerprint density at radius 2 is 2.05 bits per heavy atom. The Balaban J connectivity index is 1.80. The molecule has 0 spiro atoms. The van der Waals surface area contributed by atoms with E-state index in [1.54, 1.807) is 5.56 Å². The standard InChI is InChI=1S/C17H26N2/c1-3-5-14-6-4-7-15-16(12-18-17(14)15)13-8-10-19(2)11-9-13/h4,6-7,13,16,18H,3,5,8-12H2,1-2H3. The van der Waals surface area contributed by atoms with Crippen LogP contribution in [0.4, 0.5) is 5.69 Å². The molecule has 1 fully saturated rings. The minimum atomic E-state index is 0.750. The summed E-state index contributed by atoms with van der Waals surface area (Å²) in [6, 6.07) is 6.92.